The SMILES string of the molecule is CN1CCc2c(C#N)c(NCCN3CCOCC3)nc(NC[C@@H]3CCCO3)c2C1. The lowest BCUT2D eigenvalue weighted by Crippen LogP contribution is -2.39. The van der Waals surface area contributed by atoms with Crippen molar-refractivity contribution in [3.8, 4) is 6.07 Å². The summed E-state index contributed by atoms with van der Waals surface area (Å²) in [6.07, 6.45) is 3.35. The Kier molecular flexibility index (Phi) is 6.82. The summed E-state index contributed by atoms with van der Waals surface area (Å²) in [6, 6.07) is 2.42. The molecule has 0 saturated carbocycles. The molecule has 1 aromatic heterocycles. The Balaban J connectivity index is 1.51. The predicted octanol–water partition coefficient (Wildman–Crippen LogP) is 1.28. The zero-order valence-electron chi connectivity index (χ0n) is 17.4. The van der Waals surface area contributed by atoms with E-state index in [1.54, 1.807) is 0 Å². The van der Waals surface area contributed by atoms with Crippen LogP contribution in [0.1, 0.15) is 29.5 Å². The number of anilines is 2. The third kappa shape index (κ3) is 4.98. The maximum absolute atomic E-state index is 9.87. The van der Waals surface area contributed by atoms with Crippen molar-refractivity contribution in [2.45, 2.75) is 31.9 Å². The molecule has 0 aromatic carbocycles. The third-order valence-electron chi connectivity index (χ3n) is 6.04. The van der Waals surface area contributed by atoms with Crippen LogP contribution in [0.25, 0.3) is 0 Å². The molecule has 2 saturated heterocycles. The van der Waals surface area contributed by atoms with Gasteiger partial charge in [0, 0.05) is 58.0 Å². The smallest absolute Gasteiger partial charge is 0.146 e. The summed E-state index contributed by atoms with van der Waals surface area (Å²) in [5.41, 5.74) is 3.01. The van der Waals surface area contributed by atoms with Crippen LogP contribution in [0, 0.1) is 11.3 Å². The van der Waals surface area contributed by atoms with E-state index in [1.165, 1.54) is 0 Å². The zero-order valence-corrected chi connectivity index (χ0v) is 17.4. The normalized spacial score (nSPS) is 22.8. The number of nitriles is 1. The van der Waals surface area contributed by atoms with Gasteiger partial charge < -0.3 is 25.0 Å². The third-order valence-corrected chi connectivity index (χ3v) is 6.04. The number of ether oxygens (including phenoxy) is 2. The molecular weight excluding hydrogens is 368 g/mol. The zero-order chi connectivity index (χ0) is 20.1. The molecule has 2 N–H and O–H groups in total. The molecule has 8 heteroatoms. The summed E-state index contributed by atoms with van der Waals surface area (Å²) in [4.78, 5) is 9.53. The Labute approximate surface area is 173 Å². The highest BCUT2D eigenvalue weighted by molar-refractivity contribution is 5.66. The molecule has 29 heavy (non-hydrogen) atoms. The number of pyridine rings is 1. The van der Waals surface area contributed by atoms with Gasteiger partial charge in [0.15, 0.2) is 0 Å². The fourth-order valence-corrected chi connectivity index (χ4v) is 4.34. The molecule has 4 rings (SSSR count). The van der Waals surface area contributed by atoms with E-state index in [0.29, 0.717) is 11.4 Å². The molecule has 1 aromatic rings. The van der Waals surface area contributed by atoms with Crippen LogP contribution >= 0.6 is 0 Å². The quantitative estimate of drug-likeness (QED) is 0.708. The van der Waals surface area contributed by atoms with Crippen molar-refractivity contribution in [2.75, 3.05) is 76.8 Å². The molecule has 0 radical (unpaired) electrons. The molecule has 0 spiro atoms. The molecule has 8 nitrogen and oxygen atoms in total. The fourth-order valence-electron chi connectivity index (χ4n) is 4.34. The molecule has 3 aliphatic rings. The summed E-state index contributed by atoms with van der Waals surface area (Å²) in [6.45, 7) is 8.61. The average Bonchev–Trinajstić information content (AvgIpc) is 3.26. The number of aromatic nitrogens is 1. The molecule has 0 unspecified atom stereocenters. The fraction of sp³-hybridized carbons (Fsp3) is 0.714. The highest BCUT2D eigenvalue weighted by Gasteiger charge is 2.25. The van der Waals surface area contributed by atoms with Crippen molar-refractivity contribution in [3.63, 3.8) is 0 Å². The van der Waals surface area contributed by atoms with Crippen LogP contribution in [0.3, 0.4) is 0 Å². The highest BCUT2D eigenvalue weighted by Crippen LogP contribution is 2.31. The van der Waals surface area contributed by atoms with Gasteiger partial charge in [-0.2, -0.15) is 5.26 Å². The number of hydrogen-bond donors (Lipinski definition) is 2. The summed E-state index contributed by atoms with van der Waals surface area (Å²) >= 11 is 0. The first kappa shape index (κ1) is 20.4. The van der Waals surface area contributed by atoms with Crippen molar-refractivity contribution in [1.29, 1.82) is 5.26 Å². The van der Waals surface area contributed by atoms with Crippen LogP contribution in [-0.2, 0) is 22.4 Å². The van der Waals surface area contributed by atoms with Gasteiger partial charge in [-0.05, 0) is 31.9 Å². The first-order valence-electron chi connectivity index (χ1n) is 10.8. The van der Waals surface area contributed by atoms with Gasteiger partial charge in [0.05, 0.1) is 24.9 Å². The lowest BCUT2D eigenvalue weighted by molar-refractivity contribution is 0.0398. The van der Waals surface area contributed by atoms with Crippen molar-refractivity contribution >= 4 is 11.6 Å². The standard InChI is InChI=1S/C21H32N6O2/c1-26-6-4-17-18(13-22)20(23-5-7-27-8-11-28-12-9-27)25-21(19(17)15-26)24-14-16-3-2-10-29-16/h16H,2-12,14-15H2,1H3,(H2,23,24,25)/t16-/m0/s1. The minimum Gasteiger partial charge on any atom is -0.379 e. The first-order valence-corrected chi connectivity index (χ1v) is 10.8. The number of morpholine rings is 1. The highest BCUT2D eigenvalue weighted by atomic mass is 16.5. The van der Waals surface area contributed by atoms with E-state index in [0.717, 1.165) is 102 Å². The molecule has 0 bridgehead atoms. The molecule has 2 fully saturated rings. The Hall–Kier alpha value is -1.92. The maximum atomic E-state index is 9.87. The van der Waals surface area contributed by atoms with Crippen LogP contribution in [-0.4, -0.2) is 87.0 Å². The Morgan fingerprint density at radius 3 is 2.76 bits per heavy atom. The summed E-state index contributed by atoms with van der Waals surface area (Å²) in [7, 11) is 2.12. The van der Waals surface area contributed by atoms with Crippen LogP contribution in [0.15, 0.2) is 0 Å². The molecule has 1 atom stereocenters. The minimum absolute atomic E-state index is 0.252. The second kappa shape index (κ2) is 9.72. The molecule has 4 heterocycles. The van der Waals surface area contributed by atoms with Gasteiger partial charge in [-0.25, -0.2) is 4.98 Å². The van der Waals surface area contributed by atoms with Gasteiger partial charge in [0.25, 0.3) is 0 Å². The lowest BCUT2D eigenvalue weighted by atomic mass is 9.96. The van der Waals surface area contributed by atoms with Gasteiger partial charge >= 0.3 is 0 Å². The molecule has 0 amide bonds. The topological polar surface area (TPSA) is 85.7 Å². The molecule has 0 aliphatic carbocycles. The summed E-state index contributed by atoms with van der Waals surface area (Å²) < 4.78 is 11.2. The van der Waals surface area contributed by atoms with E-state index in [2.05, 4.69) is 33.6 Å². The van der Waals surface area contributed by atoms with E-state index in [1.807, 2.05) is 0 Å². The largest absolute Gasteiger partial charge is 0.379 e. The lowest BCUT2D eigenvalue weighted by Gasteiger charge is -2.29. The number of hydrogen-bond acceptors (Lipinski definition) is 8. The van der Waals surface area contributed by atoms with Crippen LogP contribution in [0.2, 0.25) is 0 Å². The van der Waals surface area contributed by atoms with Crippen molar-refractivity contribution in [2.24, 2.45) is 0 Å². The van der Waals surface area contributed by atoms with Crippen molar-refractivity contribution in [1.82, 2.24) is 14.8 Å². The van der Waals surface area contributed by atoms with Gasteiger partial charge in [0.1, 0.15) is 17.7 Å². The summed E-state index contributed by atoms with van der Waals surface area (Å²) in [5, 5.41) is 16.8. The van der Waals surface area contributed by atoms with E-state index >= 15 is 0 Å². The number of nitrogens with zero attached hydrogens (tertiary/aromatic N) is 4. The second-order valence-corrected chi connectivity index (χ2v) is 8.14. The van der Waals surface area contributed by atoms with E-state index < -0.39 is 0 Å². The minimum atomic E-state index is 0.252. The summed E-state index contributed by atoms with van der Waals surface area (Å²) in [5.74, 6) is 1.61. The van der Waals surface area contributed by atoms with E-state index in [-0.39, 0.29) is 6.10 Å². The van der Waals surface area contributed by atoms with Crippen molar-refractivity contribution < 1.29 is 9.47 Å². The van der Waals surface area contributed by atoms with Gasteiger partial charge in [-0.3, -0.25) is 4.90 Å². The molecular formula is C21H32N6O2. The number of fused-ring (bicyclic) bond motifs is 1. The Morgan fingerprint density at radius 1 is 1.14 bits per heavy atom. The second-order valence-electron chi connectivity index (χ2n) is 8.14. The van der Waals surface area contributed by atoms with Crippen LogP contribution < -0.4 is 10.6 Å². The van der Waals surface area contributed by atoms with Crippen molar-refractivity contribution in [3.05, 3.63) is 16.7 Å². The van der Waals surface area contributed by atoms with E-state index in [4.69, 9.17) is 14.5 Å². The van der Waals surface area contributed by atoms with Gasteiger partial charge in [-0.1, -0.05) is 0 Å². The Morgan fingerprint density at radius 2 is 2.00 bits per heavy atom. The van der Waals surface area contributed by atoms with Gasteiger partial charge in [-0.15, -0.1) is 0 Å². The van der Waals surface area contributed by atoms with Gasteiger partial charge in [0.2, 0.25) is 0 Å². The number of rotatable bonds is 7. The Bertz CT molecular complexity index is 738. The first-order chi connectivity index (χ1) is 14.2. The molecule has 3 aliphatic heterocycles. The monoisotopic (exact) mass is 400 g/mol. The predicted molar refractivity (Wildman–Crippen MR) is 112 cm³/mol. The number of nitrogens with one attached hydrogen (secondary N) is 2. The van der Waals surface area contributed by atoms with E-state index in [9.17, 15) is 5.26 Å². The molecule has 158 valence electrons. The number of likely N-dealkylation sites (N-methyl/N-ethyl adjacent to an activating group) is 1. The average molecular weight is 401 g/mol. The van der Waals surface area contributed by atoms with Crippen LogP contribution in [0.4, 0.5) is 11.6 Å². The maximum Gasteiger partial charge on any atom is 0.146 e. The van der Waals surface area contributed by atoms with Crippen LogP contribution in [0.5, 0.6) is 0 Å².